The fraction of sp³-hybridized carbons (Fsp3) is 0.471. The predicted octanol–water partition coefficient (Wildman–Crippen LogP) is 1.88. The molecule has 0 unspecified atom stereocenters. The molecule has 7 heteroatoms. The van der Waals surface area contributed by atoms with Gasteiger partial charge in [0.2, 0.25) is 0 Å². The van der Waals surface area contributed by atoms with E-state index >= 15 is 0 Å². The first-order chi connectivity index (χ1) is 11.6. The third-order valence-corrected chi connectivity index (χ3v) is 4.28. The Balaban J connectivity index is 1.71. The number of imidazole rings is 1. The van der Waals surface area contributed by atoms with Crippen LogP contribution in [0.15, 0.2) is 24.5 Å². The second-order valence-electron chi connectivity index (χ2n) is 5.89. The van der Waals surface area contributed by atoms with Crippen LogP contribution < -0.4 is 0 Å². The first-order valence-electron chi connectivity index (χ1n) is 8.22. The molecule has 0 bridgehead atoms. The van der Waals surface area contributed by atoms with Crippen LogP contribution in [0.4, 0.5) is 4.79 Å². The molecule has 1 fully saturated rings. The lowest BCUT2D eigenvalue weighted by molar-refractivity contribution is 0.0753. The normalized spacial score (nSPS) is 15.4. The molecule has 1 aliphatic heterocycles. The molecule has 1 aliphatic rings. The number of rotatable bonds is 2. The zero-order valence-corrected chi connectivity index (χ0v) is 14.1. The number of ether oxygens (including phenoxy) is 1. The summed E-state index contributed by atoms with van der Waals surface area (Å²) in [4.78, 5) is 32.4. The Kier molecular flexibility index (Phi) is 4.69. The summed E-state index contributed by atoms with van der Waals surface area (Å²) >= 11 is 0. The number of aromatic nitrogens is 2. The number of hydrogen-bond acceptors (Lipinski definition) is 4. The summed E-state index contributed by atoms with van der Waals surface area (Å²) in [6, 6.07) is 5.57. The molecule has 1 aromatic carbocycles. The monoisotopic (exact) mass is 330 g/mol. The molecule has 2 amide bonds. The maximum atomic E-state index is 12.8. The lowest BCUT2D eigenvalue weighted by atomic mass is 10.1. The van der Waals surface area contributed by atoms with Gasteiger partial charge in [-0.05, 0) is 31.5 Å². The van der Waals surface area contributed by atoms with Crippen LogP contribution in [0.25, 0.3) is 11.0 Å². The van der Waals surface area contributed by atoms with Crippen LogP contribution >= 0.6 is 0 Å². The van der Waals surface area contributed by atoms with Crippen molar-refractivity contribution in [2.45, 2.75) is 13.3 Å². The smallest absolute Gasteiger partial charge is 0.409 e. The fourth-order valence-corrected chi connectivity index (χ4v) is 2.97. The van der Waals surface area contributed by atoms with Gasteiger partial charge in [-0.1, -0.05) is 0 Å². The van der Waals surface area contributed by atoms with Crippen molar-refractivity contribution in [1.82, 2.24) is 19.4 Å². The summed E-state index contributed by atoms with van der Waals surface area (Å²) in [6.07, 6.45) is 2.18. The fourth-order valence-electron chi connectivity index (χ4n) is 2.97. The highest BCUT2D eigenvalue weighted by atomic mass is 16.6. The zero-order chi connectivity index (χ0) is 17.1. The van der Waals surface area contributed by atoms with Crippen molar-refractivity contribution < 1.29 is 14.3 Å². The number of aryl methyl sites for hydroxylation is 1. The van der Waals surface area contributed by atoms with E-state index in [0.29, 0.717) is 38.3 Å². The Morgan fingerprint density at radius 3 is 2.71 bits per heavy atom. The molecule has 3 rings (SSSR count). The molecular formula is C17H22N4O3. The van der Waals surface area contributed by atoms with Crippen LogP contribution in [0.5, 0.6) is 0 Å². The van der Waals surface area contributed by atoms with E-state index in [9.17, 15) is 9.59 Å². The Morgan fingerprint density at radius 2 is 1.92 bits per heavy atom. The lowest BCUT2D eigenvalue weighted by Crippen LogP contribution is -2.37. The van der Waals surface area contributed by atoms with Gasteiger partial charge in [0.05, 0.1) is 24.0 Å². The van der Waals surface area contributed by atoms with Crippen molar-refractivity contribution in [1.29, 1.82) is 0 Å². The highest BCUT2D eigenvalue weighted by Crippen LogP contribution is 2.16. The van der Waals surface area contributed by atoms with Crippen LogP contribution in [-0.2, 0) is 11.8 Å². The second-order valence-corrected chi connectivity index (χ2v) is 5.89. The number of hydrogen-bond donors (Lipinski definition) is 0. The van der Waals surface area contributed by atoms with Crippen molar-refractivity contribution in [3.63, 3.8) is 0 Å². The van der Waals surface area contributed by atoms with Gasteiger partial charge in [-0.25, -0.2) is 9.78 Å². The molecule has 0 radical (unpaired) electrons. The van der Waals surface area contributed by atoms with Gasteiger partial charge >= 0.3 is 6.09 Å². The summed E-state index contributed by atoms with van der Waals surface area (Å²) in [5, 5.41) is 0. The molecule has 0 saturated carbocycles. The van der Waals surface area contributed by atoms with Gasteiger partial charge in [0.1, 0.15) is 0 Å². The average Bonchev–Trinajstić information content (AvgIpc) is 2.81. The quantitative estimate of drug-likeness (QED) is 0.843. The SMILES string of the molecule is CCOC(=O)N1CCCN(C(=O)c2ccc3c(c2)ncn3C)CC1. The zero-order valence-electron chi connectivity index (χ0n) is 14.1. The van der Waals surface area contributed by atoms with Crippen LogP contribution in [0.3, 0.4) is 0 Å². The molecule has 1 saturated heterocycles. The Morgan fingerprint density at radius 1 is 1.17 bits per heavy atom. The average molecular weight is 330 g/mol. The first-order valence-corrected chi connectivity index (χ1v) is 8.22. The second kappa shape index (κ2) is 6.90. The summed E-state index contributed by atoms with van der Waals surface area (Å²) < 4.78 is 6.96. The number of amides is 2. The number of fused-ring (bicyclic) bond motifs is 1. The number of carbonyl (C=O) groups excluding carboxylic acids is 2. The lowest BCUT2D eigenvalue weighted by Gasteiger charge is -2.21. The summed E-state index contributed by atoms with van der Waals surface area (Å²) in [6.45, 7) is 4.41. The van der Waals surface area contributed by atoms with Gasteiger partial charge in [-0.3, -0.25) is 4.79 Å². The molecule has 128 valence electrons. The van der Waals surface area contributed by atoms with E-state index in [4.69, 9.17) is 4.74 Å². The summed E-state index contributed by atoms with van der Waals surface area (Å²) in [5.41, 5.74) is 2.44. The van der Waals surface area contributed by atoms with Crippen LogP contribution in [0.2, 0.25) is 0 Å². The van der Waals surface area contributed by atoms with Gasteiger partial charge in [-0.15, -0.1) is 0 Å². The summed E-state index contributed by atoms with van der Waals surface area (Å²) in [7, 11) is 1.93. The largest absolute Gasteiger partial charge is 0.450 e. The van der Waals surface area contributed by atoms with Crippen molar-refractivity contribution in [3.8, 4) is 0 Å². The number of carbonyl (C=O) groups is 2. The molecule has 2 heterocycles. The molecule has 0 spiro atoms. The number of nitrogens with zero attached hydrogens (tertiary/aromatic N) is 4. The Hall–Kier alpha value is -2.57. The molecule has 7 nitrogen and oxygen atoms in total. The minimum absolute atomic E-state index is 0.0201. The molecule has 2 aromatic rings. The maximum absolute atomic E-state index is 12.8. The van der Waals surface area contributed by atoms with Crippen molar-refractivity contribution in [2.75, 3.05) is 32.8 Å². The van der Waals surface area contributed by atoms with E-state index in [1.807, 2.05) is 29.8 Å². The minimum Gasteiger partial charge on any atom is -0.450 e. The van der Waals surface area contributed by atoms with Crippen LogP contribution in [0.1, 0.15) is 23.7 Å². The highest BCUT2D eigenvalue weighted by molar-refractivity contribution is 5.97. The highest BCUT2D eigenvalue weighted by Gasteiger charge is 2.23. The van der Waals surface area contributed by atoms with E-state index in [1.54, 1.807) is 23.1 Å². The van der Waals surface area contributed by atoms with E-state index in [-0.39, 0.29) is 12.0 Å². The van der Waals surface area contributed by atoms with Gasteiger partial charge in [0.25, 0.3) is 5.91 Å². The molecule has 0 atom stereocenters. The Bertz CT molecular complexity index is 755. The van der Waals surface area contributed by atoms with E-state index < -0.39 is 0 Å². The van der Waals surface area contributed by atoms with Crippen LogP contribution in [-0.4, -0.2) is 64.1 Å². The molecule has 0 aliphatic carbocycles. The van der Waals surface area contributed by atoms with E-state index in [1.165, 1.54) is 0 Å². The maximum Gasteiger partial charge on any atom is 0.409 e. The summed E-state index contributed by atoms with van der Waals surface area (Å²) in [5.74, 6) is -0.0201. The van der Waals surface area contributed by atoms with Gasteiger partial charge in [0.15, 0.2) is 0 Å². The predicted molar refractivity (Wildman–Crippen MR) is 89.8 cm³/mol. The molecule has 1 aromatic heterocycles. The van der Waals surface area contributed by atoms with Gasteiger partial charge < -0.3 is 19.1 Å². The van der Waals surface area contributed by atoms with Crippen molar-refractivity contribution in [3.05, 3.63) is 30.1 Å². The molecule has 24 heavy (non-hydrogen) atoms. The van der Waals surface area contributed by atoms with Crippen LogP contribution in [0, 0.1) is 0 Å². The number of benzene rings is 1. The molecular weight excluding hydrogens is 308 g/mol. The van der Waals surface area contributed by atoms with Crippen molar-refractivity contribution in [2.24, 2.45) is 7.05 Å². The van der Waals surface area contributed by atoms with Gasteiger partial charge in [0, 0.05) is 38.8 Å². The van der Waals surface area contributed by atoms with E-state index in [2.05, 4.69) is 4.98 Å². The third-order valence-electron chi connectivity index (χ3n) is 4.28. The Labute approximate surface area is 140 Å². The topological polar surface area (TPSA) is 67.7 Å². The molecule has 0 N–H and O–H groups in total. The van der Waals surface area contributed by atoms with Crippen molar-refractivity contribution >= 4 is 23.0 Å². The standard InChI is InChI=1S/C17H22N4O3/c1-3-24-17(23)21-8-4-7-20(9-10-21)16(22)13-5-6-15-14(11-13)18-12-19(15)2/h5-6,11-12H,3-4,7-10H2,1-2H3. The third kappa shape index (κ3) is 3.20. The first kappa shape index (κ1) is 16.3. The van der Waals surface area contributed by atoms with E-state index in [0.717, 1.165) is 17.5 Å². The minimum atomic E-state index is -0.304. The van der Waals surface area contributed by atoms with Gasteiger partial charge in [-0.2, -0.15) is 0 Å².